The molecule has 17 heavy (non-hydrogen) atoms. The topological polar surface area (TPSA) is 43.0 Å². The lowest BCUT2D eigenvalue weighted by atomic mass is 10.2. The molecule has 0 atom stereocenters. The molecule has 3 rings (SSSR count). The predicted octanol–water partition coefficient (Wildman–Crippen LogP) is 2.38. The molecule has 0 amide bonds. The maximum atomic E-state index is 9.56. The highest BCUT2D eigenvalue weighted by Gasteiger charge is 2.08. The number of hydrogen-bond acceptors (Lipinski definition) is 2. The van der Waals surface area contributed by atoms with Gasteiger partial charge in [-0.2, -0.15) is 5.10 Å². The smallest absolute Gasteiger partial charge is 0.135 e. The van der Waals surface area contributed by atoms with Gasteiger partial charge in [0.25, 0.3) is 0 Å². The second kappa shape index (κ2) is 3.38. The maximum absolute atomic E-state index is 9.56. The molecule has 0 aliphatic heterocycles. The monoisotopic (exact) mass is 227 g/mol. The average molecular weight is 227 g/mol. The first-order chi connectivity index (χ1) is 8.15. The Morgan fingerprint density at radius 3 is 2.71 bits per heavy atom. The van der Waals surface area contributed by atoms with E-state index in [0.29, 0.717) is 0 Å². The van der Waals surface area contributed by atoms with Crippen molar-refractivity contribution in [2.24, 2.45) is 7.05 Å². The Balaban J connectivity index is 2.30. The average Bonchev–Trinajstić information content (AvgIpc) is 2.81. The molecule has 2 aromatic heterocycles. The summed E-state index contributed by atoms with van der Waals surface area (Å²) < 4.78 is 3.86. The van der Waals surface area contributed by atoms with Crippen LogP contribution in [0.1, 0.15) is 5.69 Å². The molecule has 0 unspecified atom stereocenters. The summed E-state index contributed by atoms with van der Waals surface area (Å²) in [5.41, 5.74) is 1.96. The van der Waals surface area contributed by atoms with Crippen LogP contribution in [0.15, 0.2) is 36.5 Å². The highest BCUT2D eigenvalue weighted by Crippen LogP contribution is 2.24. The maximum Gasteiger partial charge on any atom is 0.135 e. The van der Waals surface area contributed by atoms with Crippen LogP contribution in [0.2, 0.25) is 0 Å². The molecule has 0 aliphatic carbocycles. The van der Waals surface area contributed by atoms with E-state index < -0.39 is 0 Å². The van der Waals surface area contributed by atoms with Crippen LogP contribution in [0, 0.1) is 6.92 Å². The van der Waals surface area contributed by atoms with Crippen LogP contribution in [-0.2, 0) is 7.05 Å². The minimum Gasteiger partial charge on any atom is -0.508 e. The largest absolute Gasteiger partial charge is 0.508 e. The number of aryl methyl sites for hydroxylation is 2. The predicted molar refractivity (Wildman–Crippen MR) is 66.4 cm³/mol. The molecule has 0 fully saturated rings. The Morgan fingerprint density at radius 1 is 1.18 bits per heavy atom. The molecule has 0 radical (unpaired) electrons. The molecule has 0 spiro atoms. The number of nitrogens with zero attached hydrogens (tertiary/aromatic N) is 3. The Bertz CT molecular complexity index is 694. The van der Waals surface area contributed by atoms with Crippen LogP contribution in [0.4, 0.5) is 0 Å². The zero-order chi connectivity index (χ0) is 12.0. The van der Waals surface area contributed by atoms with E-state index in [2.05, 4.69) is 5.10 Å². The van der Waals surface area contributed by atoms with Crippen LogP contribution in [0.3, 0.4) is 0 Å². The Labute approximate surface area is 98.7 Å². The van der Waals surface area contributed by atoms with Crippen molar-refractivity contribution in [3.8, 4) is 11.6 Å². The van der Waals surface area contributed by atoms with Crippen LogP contribution in [-0.4, -0.2) is 19.5 Å². The van der Waals surface area contributed by atoms with Gasteiger partial charge in [-0.1, -0.05) is 0 Å². The van der Waals surface area contributed by atoms with E-state index in [1.165, 1.54) is 0 Å². The normalized spacial score (nSPS) is 11.2. The van der Waals surface area contributed by atoms with Crippen LogP contribution in [0.25, 0.3) is 16.7 Å². The van der Waals surface area contributed by atoms with Gasteiger partial charge in [-0.25, -0.2) is 0 Å². The second-order valence-corrected chi connectivity index (χ2v) is 4.20. The summed E-state index contributed by atoms with van der Waals surface area (Å²) in [4.78, 5) is 0. The number of phenolic OH excluding ortho intramolecular Hbond substituents is 1. The molecule has 2 heterocycles. The van der Waals surface area contributed by atoms with Crippen molar-refractivity contribution in [3.63, 3.8) is 0 Å². The quantitative estimate of drug-likeness (QED) is 0.693. The van der Waals surface area contributed by atoms with E-state index in [1.807, 2.05) is 47.6 Å². The van der Waals surface area contributed by atoms with Gasteiger partial charge in [0.2, 0.25) is 0 Å². The lowest BCUT2D eigenvalue weighted by molar-refractivity contribution is 0.476. The summed E-state index contributed by atoms with van der Waals surface area (Å²) in [5, 5.41) is 15.0. The van der Waals surface area contributed by atoms with E-state index in [1.54, 1.807) is 12.1 Å². The standard InChI is InChI=1S/C13H13N3O/c1-9-7-13(15(2)14-9)16-6-5-10-3-4-11(17)8-12(10)16/h3-8,17H,1-2H3. The number of rotatable bonds is 1. The van der Waals surface area contributed by atoms with Crippen molar-refractivity contribution >= 4 is 10.9 Å². The van der Waals surface area contributed by atoms with E-state index in [-0.39, 0.29) is 5.75 Å². The summed E-state index contributed by atoms with van der Waals surface area (Å²) in [6.07, 6.45) is 1.99. The molecule has 4 nitrogen and oxygen atoms in total. The van der Waals surface area contributed by atoms with Crippen molar-refractivity contribution < 1.29 is 5.11 Å². The highest BCUT2D eigenvalue weighted by molar-refractivity contribution is 5.83. The SMILES string of the molecule is Cc1cc(-n2ccc3ccc(O)cc32)n(C)n1. The molecule has 3 aromatic rings. The van der Waals surface area contributed by atoms with Gasteiger partial charge in [-0.15, -0.1) is 0 Å². The molecule has 0 bridgehead atoms. The van der Waals surface area contributed by atoms with Crippen molar-refractivity contribution in [1.82, 2.24) is 14.3 Å². The summed E-state index contributed by atoms with van der Waals surface area (Å²) in [6.45, 7) is 1.96. The van der Waals surface area contributed by atoms with Crippen LogP contribution >= 0.6 is 0 Å². The van der Waals surface area contributed by atoms with Crippen LogP contribution < -0.4 is 0 Å². The zero-order valence-electron chi connectivity index (χ0n) is 9.75. The lowest BCUT2D eigenvalue weighted by Gasteiger charge is -2.05. The molecule has 86 valence electrons. The fourth-order valence-corrected chi connectivity index (χ4v) is 2.14. The third kappa shape index (κ3) is 1.49. The number of phenols is 1. The third-order valence-corrected chi connectivity index (χ3v) is 2.90. The first-order valence-electron chi connectivity index (χ1n) is 5.46. The molecule has 4 heteroatoms. The van der Waals surface area contributed by atoms with Gasteiger partial charge in [-0.05, 0) is 25.1 Å². The van der Waals surface area contributed by atoms with Gasteiger partial charge >= 0.3 is 0 Å². The van der Waals surface area contributed by atoms with Gasteiger partial charge in [0, 0.05) is 30.8 Å². The zero-order valence-corrected chi connectivity index (χ0v) is 9.75. The van der Waals surface area contributed by atoms with E-state index >= 15 is 0 Å². The molecule has 0 saturated heterocycles. The van der Waals surface area contributed by atoms with E-state index in [9.17, 15) is 5.11 Å². The summed E-state index contributed by atoms with van der Waals surface area (Å²) in [7, 11) is 1.91. The van der Waals surface area contributed by atoms with Gasteiger partial charge in [0.05, 0.1) is 11.2 Å². The summed E-state index contributed by atoms with van der Waals surface area (Å²) in [6, 6.07) is 9.41. The minimum atomic E-state index is 0.274. The van der Waals surface area contributed by atoms with Crippen LogP contribution in [0.5, 0.6) is 5.75 Å². The summed E-state index contributed by atoms with van der Waals surface area (Å²) in [5.74, 6) is 1.26. The number of fused-ring (bicyclic) bond motifs is 1. The molecular formula is C13H13N3O. The third-order valence-electron chi connectivity index (χ3n) is 2.90. The number of hydrogen-bond donors (Lipinski definition) is 1. The fraction of sp³-hybridized carbons (Fsp3) is 0.154. The summed E-state index contributed by atoms with van der Waals surface area (Å²) >= 11 is 0. The molecule has 1 N–H and O–H groups in total. The van der Waals surface area contributed by atoms with Gasteiger partial charge in [-0.3, -0.25) is 4.68 Å². The van der Waals surface area contributed by atoms with Gasteiger partial charge < -0.3 is 9.67 Å². The Morgan fingerprint density at radius 2 is 2.00 bits per heavy atom. The highest BCUT2D eigenvalue weighted by atomic mass is 16.3. The fourth-order valence-electron chi connectivity index (χ4n) is 2.14. The van der Waals surface area contributed by atoms with E-state index in [4.69, 9.17) is 0 Å². The van der Waals surface area contributed by atoms with Crippen molar-refractivity contribution in [2.75, 3.05) is 0 Å². The molecule has 1 aromatic carbocycles. The molecule has 0 saturated carbocycles. The number of benzene rings is 1. The van der Waals surface area contributed by atoms with Crippen molar-refractivity contribution in [2.45, 2.75) is 6.92 Å². The Kier molecular flexibility index (Phi) is 1.98. The number of aromatic nitrogens is 3. The van der Waals surface area contributed by atoms with Gasteiger partial charge in [0.15, 0.2) is 0 Å². The first kappa shape index (κ1) is 9.96. The van der Waals surface area contributed by atoms with E-state index in [0.717, 1.165) is 22.4 Å². The first-order valence-corrected chi connectivity index (χ1v) is 5.46. The number of aromatic hydroxyl groups is 1. The Hall–Kier alpha value is -2.23. The van der Waals surface area contributed by atoms with Gasteiger partial charge in [0.1, 0.15) is 11.6 Å². The minimum absolute atomic E-state index is 0.274. The second-order valence-electron chi connectivity index (χ2n) is 4.20. The molecule has 0 aliphatic rings. The van der Waals surface area contributed by atoms with Crippen molar-refractivity contribution in [3.05, 3.63) is 42.2 Å². The van der Waals surface area contributed by atoms with Crippen molar-refractivity contribution in [1.29, 1.82) is 0 Å². The lowest BCUT2D eigenvalue weighted by Crippen LogP contribution is -2.01. The molecular weight excluding hydrogens is 214 g/mol.